The number of carbonyl (C=O) groups excluding carboxylic acids is 1. The van der Waals surface area contributed by atoms with E-state index in [0.29, 0.717) is 39.2 Å². The molecule has 1 aromatic rings. The van der Waals surface area contributed by atoms with Gasteiger partial charge in [0.1, 0.15) is 5.75 Å². The maximum absolute atomic E-state index is 13.0. The molecule has 2 fully saturated rings. The summed E-state index contributed by atoms with van der Waals surface area (Å²) in [4.78, 5) is 17.3. The molecule has 0 bridgehead atoms. The van der Waals surface area contributed by atoms with Gasteiger partial charge in [-0.15, -0.1) is 0 Å². The third-order valence-electron chi connectivity index (χ3n) is 5.91. The quantitative estimate of drug-likeness (QED) is 0.624. The summed E-state index contributed by atoms with van der Waals surface area (Å²) in [6.07, 6.45) is 2.15. The first-order valence-corrected chi connectivity index (χ1v) is 12.7. The lowest BCUT2D eigenvalue weighted by Gasteiger charge is -2.38. The lowest BCUT2D eigenvalue weighted by molar-refractivity contribution is -0.138. The summed E-state index contributed by atoms with van der Waals surface area (Å²) in [7, 11) is -3.24. The van der Waals surface area contributed by atoms with Crippen LogP contribution < -0.4 is 4.74 Å². The Bertz CT molecular complexity index is 789. The number of piperazine rings is 1. The van der Waals surface area contributed by atoms with Crippen molar-refractivity contribution in [3.63, 3.8) is 0 Å². The number of amides is 1. The monoisotopic (exact) mass is 437 g/mol. The van der Waals surface area contributed by atoms with Gasteiger partial charge in [-0.25, -0.2) is 12.7 Å². The highest BCUT2D eigenvalue weighted by Gasteiger charge is 2.34. The van der Waals surface area contributed by atoms with Gasteiger partial charge >= 0.3 is 0 Å². The molecule has 1 unspecified atom stereocenters. The van der Waals surface area contributed by atoms with E-state index in [1.807, 2.05) is 30.9 Å². The molecule has 0 spiro atoms. The van der Waals surface area contributed by atoms with Gasteiger partial charge in [0.05, 0.1) is 18.3 Å². The maximum Gasteiger partial charge on any atom is 0.227 e. The second-order valence-electron chi connectivity index (χ2n) is 8.19. The Balaban J connectivity index is 1.49. The first-order valence-electron chi connectivity index (χ1n) is 11.1. The molecule has 2 aliphatic heterocycles. The van der Waals surface area contributed by atoms with Crippen LogP contribution >= 0.6 is 0 Å². The second kappa shape index (κ2) is 10.6. The molecule has 0 aromatic heterocycles. The average molecular weight is 438 g/mol. The summed E-state index contributed by atoms with van der Waals surface area (Å²) in [5, 5.41) is 0. The minimum atomic E-state index is -3.24. The van der Waals surface area contributed by atoms with Gasteiger partial charge in [-0.1, -0.05) is 19.1 Å². The van der Waals surface area contributed by atoms with Gasteiger partial charge in [-0.05, 0) is 43.9 Å². The molecule has 0 saturated carbocycles. The van der Waals surface area contributed by atoms with Crippen LogP contribution in [0.2, 0.25) is 0 Å². The lowest BCUT2D eigenvalue weighted by atomic mass is 9.97. The molecule has 1 aromatic carbocycles. The van der Waals surface area contributed by atoms with Crippen molar-refractivity contribution >= 4 is 15.9 Å². The summed E-state index contributed by atoms with van der Waals surface area (Å²) >= 11 is 0. The van der Waals surface area contributed by atoms with E-state index in [4.69, 9.17) is 4.74 Å². The maximum atomic E-state index is 13.0. The number of hydrogen-bond donors (Lipinski definition) is 0. The fourth-order valence-electron chi connectivity index (χ4n) is 4.28. The van der Waals surface area contributed by atoms with E-state index in [9.17, 15) is 13.2 Å². The predicted molar refractivity (Wildman–Crippen MR) is 118 cm³/mol. The zero-order valence-corrected chi connectivity index (χ0v) is 19.1. The molecule has 0 aliphatic carbocycles. The van der Waals surface area contributed by atoms with Crippen molar-refractivity contribution < 1.29 is 17.9 Å². The highest BCUT2D eigenvalue weighted by atomic mass is 32.2. The fourth-order valence-corrected chi connectivity index (χ4v) is 5.87. The molecule has 0 radical (unpaired) electrons. The van der Waals surface area contributed by atoms with Crippen molar-refractivity contribution in [2.45, 2.75) is 39.7 Å². The smallest absolute Gasteiger partial charge is 0.227 e. The van der Waals surface area contributed by atoms with Crippen molar-refractivity contribution in [2.24, 2.45) is 5.92 Å². The van der Waals surface area contributed by atoms with Crippen LogP contribution in [0.5, 0.6) is 5.75 Å². The van der Waals surface area contributed by atoms with Gasteiger partial charge in [-0.3, -0.25) is 9.69 Å². The Labute approximate surface area is 181 Å². The van der Waals surface area contributed by atoms with E-state index in [0.717, 1.165) is 38.2 Å². The molecule has 2 heterocycles. The molecule has 8 heteroatoms. The zero-order valence-electron chi connectivity index (χ0n) is 18.3. The van der Waals surface area contributed by atoms with Crippen molar-refractivity contribution in [3.05, 3.63) is 29.8 Å². The van der Waals surface area contributed by atoms with Crippen molar-refractivity contribution in [1.82, 2.24) is 14.1 Å². The van der Waals surface area contributed by atoms with E-state index in [-0.39, 0.29) is 17.6 Å². The van der Waals surface area contributed by atoms with Crippen LogP contribution in [-0.4, -0.2) is 80.1 Å². The molecular weight excluding hydrogens is 402 g/mol. The normalized spacial score (nSPS) is 21.5. The number of hydrogen-bond acceptors (Lipinski definition) is 5. The Kier molecular flexibility index (Phi) is 8.13. The molecule has 0 N–H and O–H groups in total. The Morgan fingerprint density at radius 2 is 1.77 bits per heavy atom. The third kappa shape index (κ3) is 5.95. The van der Waals surface area contributed by atoms with E-state index < -0.39 is 10.0 Å². The molecule has 1 amide bonds. The minimum Gasteiger partial charge on any atom is -0.494 e. The third-order valence-corrected chi connectivity index (χ3v) is 7.96. The molecule has 30 heavy (non-hydrogen) atoms. The Morgan fingerprint density at radius 1 is 1.07 bits per heavy atom. The lowest BCUT2D eigenvalue weighted by Crippen LogP contribution is -2.52. The van der Waals surface area contributed by atoms with Crippen LogP contribution in [0.25, 0.3) is 0 Å². The Hall–Kier alpha value is -1.64. The highest BCUT2D eigenvalue weighted by Crippen LogP contribution is 2.23. The molecule has 168 valence electrons. The average Bonchev–Trinajstić information content (AvgIpc) is 2.75. The topological polar surface area (TPSA) is 70.2 Å². The first-order chi connectivity index (χ1) is 14.4. The number of nitrogens with zero attached hydrogens (tertiary/aromatic N) is 3. The zero-order chi connectivity index (χ0) is 21.6. The molecule has 2 aliphatic rings. The van der Waals surface area contributed by atoms with Gasteiger partial charge in [0, 0.05) is 45.8 Å². The number of benzene rings is 1. The molecular formula is C22H35N3O4S. The standard InChI is InChI=1S/C22H35N3O4S/c1-3-16-30(27,28)25-11-5-6-20(18-25)22(26)24-14-12-23(13-15-24)17-19-7-9-21(10-8-19)29-4-2/h7-10,20H,3-6,11-18H2,1-2H3. The second-order valence-corrected chi connectivity index (χ2v) is 10.3. The number of carbonyl (C=O) groups is 1. The summed E-state index contributed by atoms with van der Waals surface area (Å²) in [5.41, 5.74) is 1.24. The van der Waals surface area contributed by atoms with Crippen LogP contribution in [0.1, 0.15) is 38.7 Å². The first kappa shape index (κ1) is 23.0. The SMILES string of the molecule is CCCS(=O)(=O)N1CCCC(C(=O)N2CCN(Cc3ccc(OCC)cc3)CC2)C1. The van der Waals surface area contributed by atoms with Gasteiger partial charge in [-0.2, -0.15) is 0 Å². The highest BCUT2D eigenvalue weighted by molar-refractivity contribution is 7.89. The van der Waals surface area contributed by atoms with Crippen LogP contribution in [0, 0.1) is 5.92 Å². The van der Waals surface area contributed by atoms with E-state index in [1.165, 1.54) is 9.87 Å². The summed E-state index contributed by atoms with van der Waals surface area (Å²) in [5.74, 6) is 0.965. The predicted octanol–water partition coefficient (Wildman–Crippen LogP) is 2.18. The summed E-state index contributed by atoms with van der Waals surface area (Å²) in [6.45, 7) is 9.34. The fraction of sp³-hybridized carbons (Fsp3) is 0.682. The van der Waals surface area contributed by atoms with E-state index in [1.54, 1.807) is 0 Å². The van der Waals surface area contributed by atoms with Crippen LogP contribution in [0.4, 0.5) is 0 Å². The summed E-state index contributed by atoms with van der Waals surface area (Å²) < 4.78 is 31.8. The Morgan fingerprint density at radius 3 is 2.40 bits per heavy atom. The van der Waals surface area contributed by atoms with Crippen LogP contribution in [-0.2, 0) is 21.4 Å². The largest absolute Gasteiger partial charge is 0.494 e. The molecule has 2 saturated heterocycles. The van der Waals surface area contributed by atoms with Crippen molar-refractivity contribution in [3.8, 4) is 5.75 Å². The minimum absolute atomic E-state index is 0.118. The molecule has 1 atom stereocenters. The van der Waals surface area contributed by atoms with E-state index in [2.05, 4.69) is 17.0 Å². The van der Waals surface area contributed by atoms with Crippen LogP contribution in [0.3, 0.4) is 0 Å². The number of ether oxygens (including phenoxy) is 1. The van der Waals surface area contributed by atoms with E-state index >= 15 is 0 Å². The number of piperidine rings is 1. The van der Waals surface area contributed by atoms with Gasteiger partial charge in [0.2, 0.25) is 15.9 Å². The molecule has 3 rings (SSSR count). The number of rotatable bonds is 8. The van der Waals surface area contributed by atoms with Gasteiger partial charge in [0.25, 0.3) is 0 Å². The van der Waals surface area contributed by atoms with Crippen molar-refractivity contribution in [2.75, 3.05) is 51.6 Å². The van der Waals surface area contributed by atoms with Crippen LogP contribution in [0.15, 0.2) is 24.3 Å². The summed E-state index contributed by atoms with van der Waals surface area (Å²) in [6, 6.07) is 8.19. The van der Waals surface area contributed by atoms with Gasteiger partial charge < -0.3 is 9.64 Å². The number of sulfonamides is 1. The van der Waals surface area contributed by atoms with Crippen molar-refractivity contribution in [1.29, 1.82) is 0 Å². The molecule has 7 nitrogen and oxygen atoms in total. The van der Waals surface area contributed by atoms with Gasteiger partial charge in [0.15, 0.2) is 0 Å².